The van der Waals surface area contributed by atoms with Gasteiger partial charge in [0.1, 0.15) is 0 Å². The van der Waals surface area contributed by atoms with Crippen LogP contribution in [0.3, 0.4) is 0 Å². The van der Waals surface area contributed by atoms with E-state index in [1.807, 2.05) is 13.8 Å². The number of carbonyl (C=O) groups excluding carboxylic acids is 1. The van der Waals surface area contributed by atoms with Crippen LogP contribution in [-0.4, -0.2) is 37.8 Å². The molecule has 1 N–H and O–H groups in total. The number of hydrogen-bond acceptors (Lipinski definition) is 3. The lowest BCUT2D eigenvalue weighted by Crippen LogP contribution is -2.55. The van der Waals surface area contributed by atoms with E-state index in [-0.39, 0.29) is 10.8 Å². The van der Waals surface area contributed by atoms with Gasteiger partial charge in [-0.25, -0.2) is 8.42 Å². The number of nitrogens with zero attached hydrogens (tertiary/aromatic N) is 1. The van der Waals surface area contributed by atoms with Crippen molar-refractivity contribution in [2.24, 2.45) is 23.7 Å². The highest BCUT2D eigenvalue weighted by Crippen LogP contribution is 2.53. The number of benzene rings is 1. The van der Waals surface area contributed by atoms with Gasteiger partial charge in [-0.3, -0.25) is 4.79 Å². The van der Waals surface area contributed by atoms with Crippen molar-refractivity contribution in [3.8, 4) is 0 Å². The van der Waals surface area contributed by atoms with Gasteiger partial charge in [0.15, 0.2) is 0 Å². The zero-order valence-corrected chi connectivity index (χ0v) is 17.0. The topological polar surface area (TPSA) is 66.5 Å². The maximum atomic E-state index is 12.8. The van der Waals surface area contributed by atoms with Crippen molar-refractivity contribution in [1.82, 2.24) is 9.62 Å². The number of rotatable bonds is 6. The Morgan fingerprint density at radius 1 is 0.963 bits per heavy atom. The van der Waals surface area contributed by atoms with Crippen LogP contribution in [0.4, 0.5) is 0 Å². The smallest absolute Gasteiger partial charge is 0.251 e. The Morgan fingerprint density at radius 3 is 1.96 bits per heavy atom. The highest BCUT2D eigenvalue weighted by atomic mass is 32.2. The molecule has 4 fully saturated rings. The Hall–Kier alpha value is -1.40. The highest BCUT2D eigenvalue weighted by molar-refractivity contribution is 7.89. The first-order valence-electron chi connectivity index (χ1n) is 10.3. The van der Waals surface area contributed by atoms with E-state index in [9.17, 15) is 13.2 Å². The van der Waals surface area contributed by atoms with Gasteiger partial charge >= 0.3 is 0 Å². The summed E-state index contributed by atoms with van der Waals surface area (Å²) in [7, 11) is -3.48. The maximum Gasteiger partial charge on any atom is 0.251 e. The van der Waals surface area contributed by atoms with Gasteiger partial charge in [0.25, 0.3) is 5.91 Å². The van der Waals surface area contributed by atoms with Crippen LogP contribution in [0, 0.1) is 23.7 Å². The van der Waals surface area contributed by atoms with E-state index in [0.717, 1.165) is 11.8 Å². The molecule has 1 aromatic carbocycles. The van der Waals surface area contributed by atoms with Gasteiger partial charge in [-0.15, -0.1) is 0 Å². The summed E-state index contributed by atoms with van der Waals surface area (Å²) in [6, 6.07) is 6.69. The van der Waals surface area contributed by atoms with E-state index < -0.39 is 10.0 Å². The lowest BCUT2D eigenvalue weighted by molar-refractivity contribution is -0.0119. The molecule has 6 heteroatoms. The lowest BCUT2D eigenvalue weighted by atomic mass is 9.54. The normalized spacial score (nSPS) is 32.0. The maximum absolute atomic E-state index is 12.8. The van der Waals surface area contributed by atoms with E-state index in [1.54, 1.807) is 24.3 Å². The number of nitrogens with one attached hydrogen (secondary N) is 1. The molecule has 5 nitrogen and oxygen atoms in total. The van der Waals surface area contributed by atoms with Crippen molar-refractivity contribution in [1.29, 1.82) is 0 Å². The van der Waals surface area contributed by atoms with E-state index in [2.05, 4.69) is 5.32 Å². The van der Waals surface area contributed by atoms with Crippen molar-refractivity contribution in [2.75, 3.05) is 13.1 Å². The van der Waals surface area contributed by atoms with Crippen LogP contribution in [0.2, 0.25) is 0 Å². The molecule has 27 heavy (non-hydrogen) atoms. The minimum Gasteiger partial charge on any atom is -0.349 e. The Balaban J connectivity index is 1.46. The van der Waals surface area contributed by atoms with Crippen LogP contribution >= 0.6 is 0 Å². The molecule has 0 radical (unpaired) electrons. The standard InChI is InChI=1S/C21H30N2O3S/c1-3-23(4-2)27(25,26)19-7-5-16(6-8-19)21(24)22-20-17-10-14-9-15(12-17)13-18(20)11-14/h5-8,14-15,17-18,20H,3-4,9-13H2,1-2H3,(H,22,24). The van der Waals surface area contributed by atoms with Gasteiger partial charge in [0, 0.05) is 24.7 Å². The monoisotopic (exact) mass is 390 g/mol. The fourth-order valence-corrected chi connectivity index (χ4v) is 7.34. The average Bonchev–Trinajstić information content (AvgIpc) is 2.65. The summed E-state index contributed by atoms with van der Waals surface area (Å²) in [6.07, 6.45) is 6.45. The Morgan fingerprint density at radius 2 is 1.48 bits per heavy atom. The van der Waals surface area contributed by atoms with Crippen molar-refractivity contribution >= 4 is 15.9 Å². The zero-order chi connectivity index (χ0) is 19.2. The third-order valence-electron chi connectivity index (χ3n) is 6.98. The summed E-state index contributed by atoms with van der Waals surface area (Å²) >= 11 is 0. The van der Waals surface area contributed by atoms with Crippen LogP contribution in [0.25, 0.3) is 0 Å². The number of carbonyl (C=O) groups is 1. The summed E-state index contributed by atoms with van der Waals surface area (Å²) in [5.74, 6) is 2.95. The van der Waals surface area contributed by atoms with Crippen LogP contribution in [0.15, 0.2) is 29.2 Å². The van der Waals surface area contributed by atoms with Gasteiger partial charge in [-0.2, -0.15) is 4.31 Å². The molecular formula is C21H30N2O3S. The highest BCUT2D eigenvalue weighted by Gasteiger charge is 2.48. The second-order valence-corrected chi connectivity index (χ2v) is 10.5. The quantitative estimate of drug-likeness (QED) is 0.811. The minimum absolute atomic E-state index is 0.0701. The summed E-state index contributed by atoms with van der Waals surface area (Å²) in [5, 5.41) is 3.28. The number of sulfonamides is 1. The number of hydrogen-bond donors (Lipinski definition) is 1. The van der Waals surface area contributed by atoms with Gasteiger partial charge in [0.2, 0.25) is 10.0 Å². The molecule has 4 bridgehead atoms. The van der Waals surface area contributed by atoms with Crippen molar-refractivity contribution in [3.63, 3.8) is 0 Å². The lowest BCUT2D eigenvalue weighted by Gasteiger charge is -2.54. The minimum atomic E-state index is -3.48. The molecule has 5 rings (SSSR count). The molecular weight excluding hydrogens is 360 g/mol. The van der Waals surface area contributed by atoms with E-state index >= 15 is 0 Å². The fraction of sp³-hybridized carbons (Fsp3) is 0.667. The van der Waals surface area contributed by atoms with Gasteiger partial charge in [-0.1, -0.05) is 13.8 Å². The molecule has 1 amide bonds. The third-order valence-corrected chi connectivity index (χ3v) is 9.05. The predicted molar refractivity (Wildman–Crippen MR) is 105 cm³/mol. The second-order valence-electron chi connectivity index (χ2n) is 8.54. The van der Waals surface area contributed by atoms with Crippen LogP contribution in [0.5, 0.6) is 0 Å². The molecule has 148 valence electrons. The van der Waals surface area contributed by atoms with E-state index in [0.29, 0.717) is 36.5 Å². The molecule has 4 aliphatic carbocycles. The van der Waals surface area contributed by atoms with Gasteiger partial charge in [-0.05, 0) is 80.0 Å². The van der Waals surface area contributed by atoms with Crippen molar-refractivity contribution < 1.29 is 13.2 Å². The van der Waals surface area contributed by atoms with Crippen molar-refractivity contribution in [3.05, 3.63) is 29.8 Å². The molecule has 0 atom stereocenters. The van der Waals surface area contributed by atoms with Crippen LogP contribution in [-0.2, 0) is 10.0 Å². The first kappa shape index (κ1) is 18.9. The first-order chi connectivity index (χ1) is 12.9. The first-order valence-corrected chi connectivity index (χ1v) is 11.8. The van der Waals surface area contributed by atoms with Crippen LogP contribution in [0.1, 0.15) is 56.3 Å². The number of amides is 1. The summed E-state index contributed by atoms with van der Waals surface area (Å²) in [6.45, 7) is 4.53. The van der Waals surface area contributed by atoms with Crippen molar-refractivity contribution in [2.45, 2.75) is 56.9 Å². The Labute approximate surface area is 162 Å². The molecule has 0 heterocycles. The predicted octanol–water partition coefficient (Wildman–Crippen LogP) is 3.27. The molecule has 1 aromatic rings. The summed E-state index contributed by atoms with van der Waals surface area (Å²) in [4.78, 5) is 13.0. The van der Waals surface area contributed by atoms with Gasteiger partial charge < -0.3 is 5.32 Å². The largest absolute Gasteiger partial charge is 0.349 e. The SMILES string of the molecule is CCN(CC)S(=O)(=O)c1ccc(C(=O)NC2C3CC4CC(C3)CC2C4)cc1. The zero-order valence-electron chi connectivity index (χ0n) is 16.2. The van der Waals surface area contributed by atoms with Crippen LogP contribution < -0.4 is 5.32 Å². The summed E-state index contributed by atoms with van der Waals surface area (Å²) in [5.41, 5.74) is 0.544. The second kappa shape index (κ2) is 7.21. The molecule has 0 unspecified atom stereocenters. The molecule has 0 saturated heterocycles. The van der Waals surface area contributed by atoms with Gasteiger partial charge in [0.05, 0.1) is 4.90 Å². The Kier molecular flexibility index (Phi) is 5.06. The average molecular weight is 391 g/mol. The summed E-state index contributed by atoms with van der Waals surface area (Å²) < 4.78 is 26.6. The van der Waals surface area contributed by atoms with E-state index in [4.69, 9.17) is 0 Å². The fourth-order valence-electron chi connectivity index (χ4n) is 5.89. The van der Waals surface area contributed by atoms with E-state index in [1.165, 1.54) is 36.4 Å². The molecule has 4 aliphatic rings. The molecule has 0 aromatic heterocycles. The molecule has 4 saturated carbocycles. The Bertz CT molecular complexity index is 771. The third kappa shape index (κ3) is 3.42. The molecule has 0 aliphatic heterocycles. The molecule has 0 spiro atoms.